The fraction of sp³-hybridized carbons (Fsp3) is 0.250. The molecule has 1 aromatic carbocycles. The van der Waals surface area contributed by atoms with Gasteiger partial charge in [-0.05, 0) is 32.0 Å². The molecule has 1 rings (SSSR count). The summed E-state index contributed by atoms with van der Waals surface area (Å²) in [6, 6.07) is 4.37. The van der Waals surface area contributed by atoms with E-state index >= 15 is 0 Å². The van der Waals surface area contributed by atoms with Crippen LogP contribution in [-0.4, -0.2) is 21.4 Å². The lowest BCUT2D eigenvalue weighted by molar-refractivity contribution is 0.0964. The maximum absolute atomic E-state index is 11.9. The number of nitrogens with one attached hydrogen (secondary N) is 2. The van der Waals surface area contributed by atoms with Gasteiger partial charge in [0.2, 0.25) is 0 Å². The first-order chi connectivity index (χ1) is 8.81. The SMILES string of the molecule is CC=C(C)S(=O)(=O)Nc1ccc(Cl)cc1C(=O)NC. The number of allylic oxidation sites excluding steroid dienone is 2. The van der Waals surface area contributed by atoms with Crippen molar-refractivity contribution in [1.29, 1.82) is 0 Å². The van der Waals surface area contributed by atoms with Crippen LogP contribution in [0.2, 0.25) is 5.02 Å². The predicted molar refractivity (Wildman–Crippen MR) is 76.8 cm³/mol. The monoisotopic (exact) mass is 302 g/mol. The molecule has 0 heterocycles. The fourth-order valence-electron chi connectivity index (χ4n) is 1.31. The van der Waals surface area contributed by atoms with Crippen LogP contribution in [-0.2, 0) is 10.0 Å². The Labute approximate surface area is 117 Å². The van der Waals surface area contributed by atoms with Crippen molar-refractivity contribution in [3.8, 4) is 0 Å². The summed E-state index contributed by atoms with van der Waals surface area (Å²) in [5.41, 5.74) is 0.354. The van der Waals surface area contributed by atoms with E-state index in [4.69, 9.17) is 11.6 Å². The van der Waals surface area contributed by atoms with Gasteiger partial charge < -0.3 is 5.32 Å². The number of benzene rings is 1. The number of hydrogen-bond acceptors (Lipinski definition) is 3. The van der Waals surface area contributed by atoms with Crippen LogP contribution in [0.3, 0.4) is 0 Å². The van der Waals surface area contributed by atoms with Crippen molar-refractivity contribution in [3.05, 3.63) is 39.8 Å². The summed E-state index contributed by atoms with van der Waals surface area (Å²) in [7, 11) is -2.20. The van der Waals surface area contributed by atoms with Gasteiger partial charge in [0.15, 0.2) is 0 Å². The molecule has 19 heavy (non-hydrogen) atoms. The Bertz CT molecular complexity index is 624. The zero-order valence-electron chi connectivity index (χ0n) is 10.8. The van der Waals surface area contributed by atoms with Crippen LogP contribution in [0.4, 0.5) is 5.69 Å². The van der Waals surface area contributed by atoms with E-state index in [-0.39, 0.29) is 16.2 Å². The molecule has 7 heteroatoms. The lowest BCUT2D eigenvalue weighted by Gasteiger charge is -2.12. The van der Waals surface area contributed by atoms with E-state index in [1.54, 1.807) is 6.92 Å². The molecule has 2 N–H and O–H groups in total. The molecule has 0 radical (unpaired) electrons. The Kier molecular flexibility index (Phi) is 4.97. The first-order valence-corrected chi connectivity index (χ1v) is 7.35. The van der Waals surface area contributed by atoms with Gasteiger partial charge >= 0.3 is 0 Å². The van der Waals surface area contributed by atoms with Gasteiger partial charge in [0, 0.05) is 12.1 Å². The molecule has 1 aromatic rings. The average Bonchev–Trinajstić information content (AvgIpc) is 2.38. The van der Waals surface area contributed by atoms with Gasteiger partial charge in [-0.25, -0.2) is 8.42 Å². The topological polar surface area (TPSA) is 75.3 Å². The van der Waals surface area contributed by atoms with Crippen molar-refractivity contribution in [1.82, 2.24) is 5.32 Å². The molecule has 1 amide bonds. The molecule has 0 saturated carbocycles. The number of carbonyl (C=O) groups excluding carboxylic acids is 1. The summed E-state index contributed by atoms with van der Waals surface area (Å²) in [5, 5.41) is 2.78. The molecule has 0 bridgehead atoms. The third-order valence-corrected chi connectivity index (χ3v) is 4.34. The van der Waals surface area contributed by atoms with Crippen LogP contribution in [0.25, 0.3) is 0 Å². The van der Waals surface area contributed by atoms with Crippen molar-refractivity contribution in [2.24, 2.45) is 0 Å². The predicted octanol–water partition coefficient (Wildman–Crippen LogP) is 2.37. The highest BCUT2D eigenvalue weighted by atomic mass is 35.5. The summed E-state index contributed by atoms with van der Waals surface area (Å²) < 4.78 is 26.2. The smallest absolute Gasteiger partial charge is 0.257 e. The minimum atomic E-state index is -3.65. The van der Waals surface area contributed by atoms with Crippen LogP contribution in [0, 0.1) is 0 Å². The number of sulfonamides is 1. The summed E-state index contributed by atoms with van der Waals surface area (Å²) in [4.78, 5) is 11.9. The molecule has 0 aliphatic heterocycles. The number of amides is 1. The van der Waals surface area contributed by atoms with Crippen molar-refractivity contribution >= 4 is 33.2 Å². The average molecular weight is 303 g/mol. The van der Waals surface area contributed by atoms with Gasteiger partial charge in [-0.3, -0.25) is 9.52 Å². The van der Waals surface area contributed by atoms with Crippen molar-refractivity contribution in [2.45, 2.75) is 13.8 Å². The van der Waals surface area contributed by atoms with Crippen LogP contribution >= 0.6 is 11.6 Å². The molecule has 0 saturated heterocycles. The van der Waals surface area contributed by atoms with Crippen LogP contribution in [0.1, 0.15) is 24.2 Å². The standard InChI is InChI=1S/C12H15ClN2O3S/c1-4-8(2)19(17,18)15-11-6-5-9(13)7-10(11)12(16)14-3/h4-7,15H,1-3H3,(H,14,16). The molecule has 0 atom stereocenters. The minimum Gasteiger partial charge on any atom is -0.355 e. The second-order valence-electron chi connectivity index (χ2n) is 3.77. The van der Waals surface area contributed by atoms with E-state index < -0.39 is 15.9 Å². The van der Waals surface area contributed by atoms with E-state index in [1.807, 2.05) is 0 Å². The second-order valence-corrected chi connectivity index (χ2v) is 6.07. The van der Waals surface area contributed by atoms with Crippen molar-refractivity contribution in [3.63, 3.8) is 0 Å². The molecule has 0 unspecified atom stereocenters. The number of rotatable bonds is 4. The fourth-order valence-corrected chi connectivity index (χ4v) is 2.42. The molecule has 0 aliphatic rings. The Morgan fingerprint density at radius 1 is 1.37 bits per heavy atom. The van der Waals surface area contributed by atoms with E-state index in [9.17, 15) is 13.2 Å². The highest BCUT2D eigenvalue weighted by molar-refractivity contribution is 7.96. The Morgan fingerprint density at radius 2 is 2.00 bits per heavy atom. The van der Waals surface area contributed by atoms with Crippen molar-refractivity contribution < 1.29 is 13.2 Å². The molecule has 0 aromatic heterocycles. The van der Waals surface area contributed by atoms with Gasteiger partial charge in [0.05, 0.1) is 16.2 Å². The molecule has 0 fully saturated rings. The third-order valence-electron chi connectivity index (χ3n) is 2.53. The maximum atomic E-state index is 11.9. The van der Waals surface area contributed by atoms with Gasteiger partial charge in [0.25, 0.3) is 15.9 Å². The second kappa shape index (κ2) is 6.08. The van der Waals surface area contributed by atoms with E-state index in [0.29, 0.717) is 5.02 Å². The van der Waals surface area contributed by atoms with Crippen LogP contribution in [0.15, 0.2) is 29.2 Å². The van der Waals surface area contributed by atoms with Gasteiger partial charge in [-0.1, -0.05) is 17.7 Å². The molecule has 0 aliphatic carbocycles. The zero-order chi connectivity index (χ0) is 14.6. The third kappa shape index (κ3) is 3.71. The van der Waals surface area contributed by atoms with Crippen molar-refractivity contribution in [2.75, 3.05) is 11.8 Å². The van der Waals surface area contributed by atoms with Crippen LogP contribution < -0.4 is 10.0 Å². The maximum Gasteiger partial charge on any atom is 0.257 e. The van der Waals surface area contributed by atoms with Gasteiger partial charge in [-0.2, -0.15) is 0 Å². The largest absolute Gasteiger partial charge is 0.355 e. The first kappa shape index (κ1) is 15.5. The Hall–Kier alpha value is -1.53. The molecule has 104 valence electrons. The van der Waals surface area contributed by atoms with E-state index in [1.165, 1.54) is 38.2 Å². The number of anilines is 1. The Balaban J connectivity index is 3.26. The minimum absolute atomic E-state index is 0.169. The molecular weight excluding hydrogens is 288 g/mol. The highest BCUT2D eigenvalue weighted by Crippen LogP contribution is 2.23. The summed E-state index contributed by atoms with van der Waals surface area (Å²) in [6.45, 7) is 3.09. The first-order valence-electron chi connectivity index (χ1n) is 5.49. The summed E-state index contributed by atoms with van der Waals surface area (Å²) in [6.07, 6.45) is 1.47. The van der Waals surface area contributed by atoms with Gasteiger partial charge in [0.1, 0.15) is 0 Å². The van der Waals surface area contributed by atoms with E-state index in [0.717, 1.165) is 0 Å². The summed E-state index contributed by atoms with van der Waals surface area (Å²) >= 11 is 5.81. The molecule has 5 nitrogen and oxygen atoms in total. The molecule has 0 spiro atoms. The van der Waals surface area contributed by atoms with Crippen LogP contribution in [0.5, 0.6) is 0 Å². The van der Waals surface area contributed by atoms with E-state index in [2.05, 4.69) is 10.0 Å². The van der Waals surface area contributed by atoms with Gasteiger partial charge in [-0.15, -0.1) is 0 Å². The number of hydrogen-bond donors (Lipinski definition) is 2. The summed E-state index contributed by atoms with van der Waals surface area (Å²) in [5.74, 6) is -0.418. The molecular formula is C12H15ClN2O3S. The normalized spacial score (nSPS) is 12.1. The quantitative estimate of drug-likeness (QED) is 0.896. The number of halogens is 1. The lowest BCUT2D eigenvalue weighted by atomic mass is 10.2. The highest BCUT2D eigenvalue weighted by Gasteiger charge is 2.17. The zero-order valence-corrected chi connectivity index (χ0v) is 12.4. The lowest BCUT2D eigenvalue weighted by Crippen LogP contribution is -2.21. The number of carbonyl (C=O) groups is 1. The Morgan fingerprint density at radius 3 is 2.53 bits per heavy atom.